The van der Waals surface area contributed by atoms with Gasteiger partial charge in [-0.25, -0.2) is 13.8 Å². The number of likely N-dealkylation sites (tertiary alicyclic amines) is 1. The zero-order valence-corrected chi connectivity index (χ0v) is 15.8. The first kappa shape index (κ1) is 18.8. The van der Waals surface area contributed by atoms with Gasteiger partial charge in [0, 0.05) is 36.3 Å². The van der Waals surface area contributed by atoms with Gasteiger partial charge in [0.15, 0.2) is 0 Å². The molecule has 1 aromatic heterocycles. The zero-order valence-electron chi connectivity index (χ0n) is 15.8. The maximum Gasteiger partial charge on any atom is 0.149 e. The highest BCUT2D eigenvalue weighted by Crippen LogP contribution is 2.34. The number of pyridine rings is 1. The summed E-state index contributed by atoms with van der Waals surface area (Å²) < 4.78 is 27.3. The molecule has 0 radical (unpaired) electrons. The Morgan fingerprint density at radius 3 is 2.64 bits per heavy atom. The van der Waals surface area contributed by atoms with Crippen LogP contribution < -0.4 is 5.32 Å². The van der Waals surface area contributed by atoms with Crippen LogP contribution in [0.1, 0.15) is 36.6 Å². The van der Waals surface area contributed by atoms with E-state index in [-0.39, 0.29) is 5.69 Å². The molecule has 0 bridgehead atoms. The van der Waals surface area contributed by atoms with E-state index in [1.54, 1.807) is 6.20 Å². The highest BCUT2D eigenvalue weighted by atomic mass is 19.1. The lowest BCUT2D eigenvalue weighted by Crippen LogP contribution is -2.33. The van der Waals surface area contributed by atoms with Crippen molar-refractivity contribution in [2.24, 2.45) is 0 Å². The van der Waals surface area contributed by atoms with Gasteiger partial charge < -0.3 is 10.4 Å². The third kappa shape index (κ3) is 3.57. The largest absolute Gasteiger partial charge is 0.374 e. The van der Waals surface area contributed by atoms with Crippen LogP contribution in [0.4, 0.5) is 20.3 Å². The van der Waals surface area contributed by atoms with Crippen molar-refractivity contribution in [2.75, 3.05) is 18.4 Å². The van der Waals surface area contributed by atoms with Gasteiger partial charge in [0.1, 0.15) is 23.7 Å². The van der Waals surface area contributed by atoms with Crippen molar-refractivity contribution in [2.45, 2.75) is 32.4 Å². The molecular weight excluding hydrogens is 360 g/mol. The number of piperidine rings is 1. The number of benzene rings is 2. The maximum atomic E-state index is 14.1. The molecule has 1 unspecified atom stereocenters. The quantitative estimate of drug-likeness (QED) is 0.663. The van der Waals surface area contributed by atoms with Crippen LogP contribution >= 0.6 is 0 Å². The second kappa shape index (κ2) is 7.81. The fourth-order valence-electron chi connectivity index (χ4n) is 3.89. The summed E-state index contributed by atoms with van der Waals surface area (Å²) in [5.41, 5.74) is 1.91. The molecule has 1 aliphatic rings. The third-order valence-electron chi connectivity index (χ3n) is 5.35. The van der Waals surface area contributed by atoms with Crippen LogP contribution in [0.25, 0.3) is 10.8 Å². The lowest BCUT2D eigenvalue weighted by molar-refractivity contribution is -0.00899. The van der Waals surface area contributed by atoms with Crippen LogP contribution in [0.5, 0.6) is 0 Å². The lowest BCUT2D eigenvalue weighted by atomic mass is 9.99. The molecule has 4 rings (SSSR count). The molecule has 146 valence electrons. The predicted molar refractivity (Wildman–Crippen MR) is 107 cm³/mol. The lowest BCUT2D eigenvalue weighted by Gasteiger charge is -2.32. The van der Waals surface area contributed by atoms with Crippen LogP contribution in [0.15, 0.2) is 42.6 Å². The first-order chi connectivity index (χ1) is 13.5. The van der Waals surface area contributed by atoms with Crippen molar-refractivity contribution in [1.29, 1.82) is 0 Å². The summed E-state index contributed by atoms with van der Waals surface area (Å²) in [5, 5.41) is 15.6. The van der Waals surface area contributed by atoms with E-state index in [4.69, 9.17) is 0 Å². The minimum Gasteiger partial charge on any atom is -0.374 e. The van der Waals surface area contributed by atoms with Crippen LogP contribution in [-0.2, 0) is 0 Å². The third-order valence-corrected chi connectivity index (χ3v) is 5.35. The number of rotatable bonds is 4. The number of aliphatic hydroxyl groups excluding tert-OH is 1. The van der Waals surface area contributed by atoms with Gasteiger partial charge in [-0.1, -0.05) is 24.6 Å². The van der Waals surface area contributed by atoms with Gasteiger partial charge in [-0.2, -0.15) is 0 Å². The number of aryl methyl sites for hydroxylation is 1. The van der Waals surface area contributed by atoms with E-state index in [0.29, 0.717) is 5.82 Å². The molecule has 0 saturated carbocycles. The number of halogens is 2. The Hall–Kier alpha value is -2.57. The monoisotopic (exact) mass is 383 g/mol. The number of fused-ring (bicyclic) bond motifs is 1. The van der Waals surface area contributed by atoms with Crippen molar-refractivity contribution >= 4 is 22.3 Å². The van der Waals surface area contributed by atoms with E-state index in [0.717, 1.165) is 53.9 Å². The van der Waals surface area contributed by atoms with Crippen LogP contribution in [0.2, 0.25) is 0 Å². The smallest absolute Gasteiger partial charge is 0.149 e. The van der Waals surface area contributed by atoms with Gasteiger partial charge in [0.2, 0.25) is 0 Å². The molecule has 1 aliphatic heterocycles. The highest BCUT2D eigenvalue weighted by molar-refractivity contribution is 5.97. The van der Waals surface area contributed by atoms with Crippen molar-refractivity contribution in [1.82, 2.24) is 9.88 Å². The Bertz CT molecular complexity index is 1000. The number of aromatic nitrogens is 1. The van der Waals surface area contributed by atoms with Gasteiger partial charge in [0.25, 0.3) is 0 Å². The van der Waals surface area contributed by atoms with Crippen LogP contribution in [0, 0.1) is 18.6 Å². The minimum absolute atomic E-state index is 0.154. The fourth-order valence-corrected chi connectivity index (χ4v) is 3.89. The van der Waals surface area contributed by atoms with E-state index in [9.17, 15) is 13.9 Å². The van der Waals surface area contributed by atoms with Crippen LogP contribution in [0.3, 0.4) is 0 Å². The topological polar surface area (TPSA) is 48.4 Å². The zero-order chi connectivity index (χ0) is 19.7. The normalized spacial score (nSPS) is 16.3. The Labute approximate surface area is 162 Å². The SMILES string of the molecule is Cc1cccc2c(Nc3ccc(F)cc3F)ncc(C(O)N3CCCCC3)c12. The summed E-state index contributed by atoms with van der Waals surface area (Å²) in [5.74, 6) is -0.837. The molecule has 28 heavy (non-hydrogen) atoms. The summed E-state index contributed by atoms with van der Waals surface area (Å²) >= 11 is 0. The second-order valence-corrected chi connectivity index (χ2v) is 7.28. The van der Waals surface area contributed by atoms with Crippen molar-refractivity contribution in [3.63, 3.8) is 0 Å². The van der Waals surface area contributed by atoms with Gasteiger partial charge in [-0.05, 0) is 42.8 Å². The number of nitrogens with zero attached hydrogens (tertiary/aromatic N) is 2. The summed E-state index contributed by atoms with van der Waals surface area (Å²) in [4.78, 5) is 6.53. The molecule has 4 nitrogen and oxygen atoms in total. The fraction of sp³-hybridized carbons (Fsp3) is 0.318. The molecule has 3 aromatic rings. The molecule has 1 fully saturated rings. The Kier molecular flexibility index (Phi) is 5.24. The first-order valence-electron chi connectivity index (χ1n) is 9.57. The maximum absolute atomic E-state index is 14.1. The van der Waals surface area contributed by atoms with Gasteiger partial charge in [-0.3, -0.25) is 4.90 Å². The second-order valence-electron chi connectivity index (χ2n) is 7.28. The molecule has 1 saturated heterocycles. The van der Waals surface area contributed by atoms with Crippen molar-refractivity contribution < 1.29 is 13.9 Å². The minimum atomic E-state index is -0.729. The molecule has 0 spiro atoms. The average molecular weight is 383 g/mol. The number of hydrogen-bond donors (Lipinski definition) is 2. The Morgan fingerprint density at radius 1 is 1.11 bits per heavy atom. The molecule has 0 aliphatic carbocycles. The molecule has 0 amide bonds. The number of aliphatic hydroxyl groups is 1. The number of anilines is 2. The summed E-state index contributed by atoms with van der Waals surface area (Å²) in [7, 11) is 0. The first-order valence-corrected chi connectivity index (χ1v) is 9.57. The Balaban J connectivity index is 1.77. The molecule has 1 atom stereocenters. The summed E-state index contributed by atoms with van der Waals surface area (Å²) in [6.07, 6.45) is 4.26. The van der Waals surface area contributed by atoms with Gasteiger partial charge in [0.05, 0.1) is 5.69 Å². The molecule has 2 aromatic carbocycles. The molecule has 6 heteroatoms. The number of nitrogens with one attached hydrogen (secondary N) is 1. The van der Waals surface area contributed by atoms with E-state index >= 15 is 0 Å². The summed E-state index contributed by atoms with van der Waals surface area (Å²) in [6.45, 7) is 3.70. The molecule has 2 N–H and O–H groups in total. The number of hydrogen-bond acceptors (Lipinski definition) is 4. The predicted octanol–water partition coefficient (Wildman–Crippen LogP) is 5.04. The van der Waals surface area contributed by atoms with Gasteiger partial charge >= 0.3 is 0 Å². The van der Waals surface area contributed by atoms with E-state index < -0.39 is 17.9 Å². The standard InChI is InChI=1S/C22H23F2N3O/c1-14-6-5-7-16-20(14)17(22(28)27-10-3-2-4-11-27)13-25-21(16)26-19-9-8-15(23)12-18(19)24/h5-9,12-13,22,28H,2-4,10-11H2,1H3,(H,25,26). The van der Waals surface area contributed by atoms with E-state index in [1.807, 2.05) is 25.1 Å². The van der Waals surface area contributed by atoms with E-state index in [2.05, 4.69) is 15.2 Å². The molecular formula is C22H23F2N3O. The average Bonchev–Trinajstić information content (AvgIpc) is 2.70. The van der Waals surface area contributed by atoms with E-state index in [1.165, 1.54) is 18.6 Å². The highest BCUT2D eigenvalue weighted by Gasteiger charge is 2.23. The van der Waals surface area contributed by atoms with Gasteiger partial charge in [-0.15, -0.1) is 0 Å². The molecule has 2 heterocycles. The van der Waals surface area contributed by atoms with Crippen molar-refractivity contribution in [3.8, 4) is 0 Å². The Morgan fingerprint density at radius 2 is 1.89 bits per heavy atom. The van der Waals surface area contributed by atoms with Crippen LogP contribution in [-0.4, -0.2) is 28.1 Å². The summed E-state index contributed by atoms with van der Waals surface area (Å²) in [6, 6.07) is 9.17. The van der Waals surface area contributed by atoms with Crippen molar-refractivity contribution in [3.05, 3.63) is 65.4 Å².